The van der Waals surface area contributed by atoms with Gasteiger partial charge in [0.05, 0.1) is 4.83 Å². The Balaban J connectivity index is 2.10. The molecule has 1 unspecified atom stereocenters. The average Bonchev–Trinajstić information content (AvgIpc) is 2.65. The van der Waals surface area contributed by atoms with Gasteiger partial charge in [-0.2, -0.15) is 0 Å². The van der Waals surface area contributed by atoms with Crippen LogP contribution in [0.5, 0.6) is 0 Å². The molecule has 0 amide bonds. The van der Waals surface area contributed by atoms with E-state index < -0.39 is 0 Å². The van der Waals surface area contributed by atoms with Crippen LogP contribution in [0, 0.1) is 6.92 Å². The zero-order valence-electron chi connectivity index (χ0n) is 8.91. The lowest BCUT2D eigenvalue weighted by molar-refractivity contribution is 0.481. The van der Waals surface area contributed by atoms with Crippen LogP contribution in [0.25, 0.3) is 0 Å². The first-order valence-corrected chi connectivity index (χ1v) is 6.81. The Morgan fingerprint density at radius 2 is 2.06 bits per heavy atom. The Labute approximate surface area is 112 Å². The second-order valence-electron chi connectivity index (χ2n) is 3.75. The summed E-state index contributed by atoms with van der Waals surface area (Å²) in [7, 11) is 0. The number of hydrogen-bond acceptors (Lipinski definition) is 1. The molecular formula is C13H12Br2O. The van der Waals surface area contributed by atoms with Crippen molar-refractivity contribution in [3.05, 3.63) is 58.0 Å². The van der Waals surface area contributed by atoms with Gasteiger partial charge in [-0.15, -0.1) is 0 Å². The Bertz CT molecular complexity index is 476. The molecule has 1 aromatic heterocycles. The smallest absolute Gasteiger partial charge is 0.118 e. The third kappa shape index (κ3) is 2.98. The largest absolute Gasteiger partial charge is 0.465 e. The van der Waals surface area contributed by atoms with E-state index in [9.17, 15) is 0 Å². The highest BCUT2D eigenvalue weighted by Crippen LogP contribution is 2.29. The maximum Gasteiger partial charge on any atom is 0.118 e. The summed E-state index contributed by atoms with van der Waals surface area (Å²) >= 11 is 7.13. The maximum atomic E-state index is 5.59. The van der Waals surface area contributed by atoms with Gasteiger partial charge in [-0.25, -0.2) is 0 Å². The van der Waals surface area contributed by atoms with Crippen LogP contribution in [-0.2, 0) is 6.42 Å². The number of halogens is 2. The van der Waals surface area contributed by atoms with Gasteiger partial charge in [-0.3, -0.25) is 0 Å². The molecule has 0 fully saturated rings. The van der Waals surface area contributed by atoms with E-state index in [0.717, 1.165) is 22.4 Å². The van der Waals surface area contributed by atoms with Gasteiger partial charge in [0.2, 0.25) is 0 Å². The third-order valence-corrected chi connectivity index (χ3v) is 3.64. The standard InChI is InChI=1S/C13H12Br2O/c1-9-5-6-13(16-9)12(15)8-10-3-2-4-11(14)7-10/h2-7,12H,8H2,1H3. The highest BCUT2D eigenvalue weighted by atomic mass is 79.9. The molecule has 0 saturated carbocycles. The molecule has 0 aliphatic rings. The molecule has 84 valence electrons. The molecule has 0 bridgehead atoms. The van der Waals surface area contributed by atoms with Crippen molar-refractivity contribution in [2.75, 3.05) is 0 Å². The molecule has 2 rings (SSSR count). The van der Waals surface area contributed by atoms with E-state index in [1.807, 2.05) is 31.2 Å². The summed E-state index contributed by atoms with van der Waals surface area (Å²) in [4.78, 5) is 0.232. The number of furan rings is 1. The summed E-state index contributed by atoms with van der Waals surface area (Å²) < 4.78 is 6.70. The predicted octanol–water partition coefficient (Wildman–Crippen LogP) is 5.03. The Morgan fingerprint density at radius 1 is 1.25 bits per heavy atom. The van der Waals surface area contributed by atoms with Gasteiger partial charge in [0.15, 0.2) is 0 Å². The SMILES string of the molecule is Cc1ccc(C(Br)Cc2cccc(Br)c2)o1. The van der Waals surface area contributed by atoms with E-state index in [0.29, 0.717) is 0 Å². The fourth-order valence-electron chi connectivity index (χ4n) is 1.59. The molecule has 0 aliphatic heterocycles. The van der Waals surface area contributed by atoms with Crippen LogP contribution < -0.4 is 0 Å². The van der Waals surface area contributed by atoms with Crippen molar-refractivity contribution >= 4 is 31.9 Å². The van der Waals surface area contributed by atoms with Crippen LogP contribution in [0.3, 0.4) is 0 Å². The summed E-state index contributed by atoms with van der Waals surface area (Å²) in [5.41, 5.74) is 1.28. The van der Waals surface area contributed by atoms with Gasteiger partial charge in [-0.05, 0) is 43.2 Å². The van der Waals surface area contributed by atoms with Crippen LogP contribution in [0.2, 0.25) is 0 Å². The van der Waals surface area contributed by atoms with Crippen LogP contribution in [0.1, 0.15) is 21.9 Å². The van der Waals surface area contributed by atoms with E-state index in [1.165, 1.54) is 5.56 Å². The number of aryl methyl sites for hydroxylation is 1. The average molecular weight is 344 g/mol. The minimum Gasteiger partial charge on any atom is -0.465 e. The lowest BCUT2D eigenvalue weighted by atomic mass is 10.1. The van der Waals surface area contributed by atoms with Crippen LogP contribution in [0.4, 0.5) is 0 Å². The monoisotopic (exact) mass is 342 g/mol. The van der Waals surface area contributed by atoms with Gasteiger partial charge in [0, 0.05) is 4.47 Å². The second kappa shape index (κ2) is 5.19. The topological polar surface area (TPSA) is 13.1 Å². The quantitative estimate of drug-likeness (QED) is 0.712. The summed E-state index contributed by atoms with van der Waals surface area (Å²) in [6.45, 7) is 1.96. The summed E-state index contributed by atoms with van der Waals surface area (Å²) in [5.74, 6) is 1.94. The van der Waals surface area contributed by atoms with Crippen LogP contribution in [-0.4, -0.2) is 0 Å². The van der Waals surface area contributed by atoms with E-state index in [1.54, 1.807) is 0 Å². The molecule has 0 radical (unpaired) electrons. The van der Waals surface area contributed by atoms with Gasteiger partial charge in [0.1, 0.15) is 11.5 Å². The van der Waals surface area contributed by atoms with Crippen molar-refractivity contribution in [1.29, 1.82) is 0 Å². The number of hydrogen-bond donors (Lipinski definition) is 0. The van der Waals surface area contributed by atoms with Crippen molar-refractivity contribution in [3.63, 3.8) is 0 Å². The van der Waals surface area contributed by atoms with Crippen molar-refractivity contribution in [1.82, 2.24) is 0 Å². The first-order chi connectivity index (χ1) is 7.65. The highest BCUT2D eigenvalue weighted by molar-refractivity contribution is 9.10. The van der Waals surface area contributed by atoms with E-state index >= 15 is 0 Å². The minimum atomic E-state index is 0.232. The molecule has 1 atom stereocenters. The molecule has 3 heteroatoms. The van der Waals surface area contributed by atoms with Crippen molar-refractivity contribution < 1.29 is 4.42 Å². The lowest BCUT2D eigenvalue weighted by Crippen LogP contribution is -1.93. The molecule has 0 saturated heterocycles. The molecule has 16 heavy (non-hydrogen) atoms. The van der Waals surface area contributed by atoms with Gasteiger partial charge in [0.25, 0.3) is 0 Å². The molecule has 0 spiro atoms. The molecule has 1 aromatic carbocycles. The first kappa shape index (κ1) is 11.9. The molecule has 2 aromatic rings. The van der Waals surface area contributed by atoms with Gasteiger partial charge in [-0.1, -0.05) is 44.0 Å². The molecule has 1 nitrogen and oxygen atoms in total. The van der Waals surface area contributed by atoms with E-state index in [4.69, 9.17) is 4.42 Å². The van der Waals surface area contributed by atoms with Crippen molar-refractivity contribution in [2.24, 2.45) is 0 Å². The molecule has 0 N–H and O–H groups in total. The minimum absolute atomic E-state index is 0.232. The maximum absolute atomic E-state index is 5.59. The van der Waals surface area contributed by atoms with Crippen molar-refractivity contribution in [2.45, 2.75) is 18.2 Å². The number of benzene rings is 1. The highest BCUT2D eigenvalue weighted by Gasteiger charge is 2.12. The Morgan fingerprint density at radius 3 is 2.69 bits per heavy atom. The van der Waals surface area contributed by atoms with Crippen molar-refractivity contribution in [3.8, 4) is 0 Å². The lowest BCUT2D eigenvalue weighted by Gasteiger charge is -2.07. The zero-order chi connectivity index (χ0) is 11.5. The van der Waals surface area contributed by atoms with E-state index in [-0.39, 0.29) is 4.83 Å². The molecule has 1 heterocycles. The first-order valence-electron chi connectivity index (χ1n) is 5.10. The number of alkyl halides is 1. The second-order valence-corrected chi connectivity index (χ2v) is 5.77. The molecule has 0 aliphatic carbocycles. The van der Waals surface area contributed by atoms with E-state index in [2.05, 4.69) is 44.0 Å². The fraction of sp³-hybridized carbons (Fsp3) is 0.231. The Kier molecular flexibility index (Phi) is 3.87. The van der Waals surface area contributed by atoms with Crippen LogP contribution in [0.15, 0.2) is 45.3 Å². The summed E-state index contributed by atoms with van der Waals surface area (Å²) in [6, 6.07) is 12.3. The summed E-state index contributed by atoms with van der Waals surface area (Å²) in [6.07, 6.45) is 0.923. The predicted molar refractivity (Wildman–Crippen MR) is 73.0 cm³/mol. The summed E-state index contributed by atoms with van der Waals surface area (Å²) in [5, 5.41) is 0. The Hall–Kier alpha value is -0.540. The fourth-order valence-corrected chi connectivity index (χ4v) is 2.66. The van der Waals surface area contributed by atoms with Gasteiger partial charge >= 0.3 is 0 Å². The van der Waals surface area contributed by atoms with Gasteiger partial charge < -0.3 is 4.42 Å². The zero-order valence-corrected chi connectivity index (χ0v) is 12.1. The third-order valence-electron chi connectivity index (χ3n) is 2.37. The number of rotatable bonds is 3. The van der Waals surface area contributed by atoms with Crippen LogP contribution >= 0.6 is 31.9 Å². The normalized spacial score (nSPS) is 12.7. The molecular weight excluding hydrogens is 332 g/mol.